The molecule has 14 heavy (non-hydrogen) atoms. The van der Waals surface area contributed by atoms with Crippen LogP contribution in [0.1, 0.15) is 12.8 Å². The number of benzene rings is 1. The zero-order valence-corrected chi connectivity index (χ0v) is 8.03. The summed E-state index contributed by atoms with van der Waals surface area (Å²) in [5.41, 5.74) is 1.19. The third-order valence-electron chi connectivity index (χ3n) is 2.82. The van der Waals surface area contributed by atoms with E-state index in [2.05, 4.69) is 11.0 Å². The summed E-state index contributed by atoms with van der Waals surface area (Å²) in [6.07, 6.45) is 2.56. The van der Waals surface area contributed by atoms with Gasteiger partial charge in [0.25, 0.3) is 0 Å². The summed E-state index contributed by atoms with van der Waals surface area (Å²) in [5, 5.41) is 0. The Morgan fingerprint density at radius 3 is 2.79 bits per heavy atom. The van der Waals surface area contributed by atoms with Crippen LogP contribution in [0.25, 0.3) is 0 Å². The lowest BCUT2D eigenvalue weighted by Gasteiger charge is -2.18. The van der Waals surface area contributed by atoms with Gasteiger partial charge in [-0.05, 0) is 25.0 Å². The highest BCUT2D eigenvalue weighted by atomic mass is 16.7. The van der Waals surface area contributed by atoms with Crippen LogP contribution in [0.3, 0.4) is 0 Å². The molecule has 0 unspecified atom stereocenters. The smallest absolute Gasteiger partial charge is 0.231 e. The molecular formula is C11H13NO2. The van der Waals surface area contributed by atoms with Gasteiger partial charge < -0.3 is 14.4 Å². The summed E-state index contributed by atoms with van der Waals surface area (Å²) in [7, 11) is 0. The molecule has 1 fully saturated rings. The zero-order valence-electron chi connectivity index (χ0n) is 8.03. The minimum atomic E-state index is 0.361. The third-order valence-corrected chi connectivity index (χ3v) is 2.82. The van der Waals surface area contributed by atoms with Gasteiger partial charge >= 0.3 is 0 Å². The van der Waals surface area contributed by atoms with Crippen LogP contribution >= 0.6 is 0 Å². The summed E-state index contributed by atoms with van der Waals surface area (Å²) in [5.74, 6) is 1.81. The lowest BCUT2D eigenvalue weighted by Crippen LogP contribution is -2.17. The predicted octanol–water partition coefficient (Wildman–Crippen LogP) is 2.02. The first-order valence-corrected chi connectivity index (χ1v) is 5.09. The Hall–Kier alpha value is -1.38. The summed E-state index contributed by atoms with van der Waals surface area (Å²) in [6, 6.07) is 6.10. The molecule has 74 valence electrons. The molecule has 0 amide bonds. The third kappa shape index (κ3) is 1.12. The minimum absolute atomic E-state index is 0.361. The van der Waals surface area contributed by atoms with E-state index < -0.39 is 0 Å². The molecule has 2 heterocycles. The molecule has 0 radical (unpaired) electrons. The number of fused-ring (bicyclic) bond motifs is 1. The van der Waals surface area contributed by atoms with E-state index in [1.807, 2.05) is 12.1 Å². The number of nitrogens with zero attached hydrogens (tertiary/aromatic N) is 1. The maximum Gasteiger partial charge on any atom is 0.231 e. The van der Waals surface area contributed by atoms with E-state index >= 15 is 0 Å². The topological polar surface area (TPSA) is 21.7 Å². The Labute approximate surface area is 83.2 Å². The van der Waals surface area contributed by atoms with E-state index in [0.29, 0.717) is 6.79 Å². The van der Waals surface area contributed by atoms with E-state index in [1.54, 1.807) is 0 Å². The van der Waals surface area contributed by atoms with Gasteiger partial charge in [-0.3, -0.25) is 0 Å². The second-order valence-electron chi connectivity index (χ2n) is 3.71. The largest absolute Gasteiger partial charge is 0.454 e. The summed E-state index contributed by atoms with van der Waals surface area (Å²) >= 11 is 0. The second kappa shape index (κ2) is 3.08. The first kappa shape index (κ1) is 7.97. The fourth-order valence-corrected chi connectivity index (χ4v) is 2.12. The molecule has 0 atom stereocenters. The lowest BCUT2D eigenvalue weighted by molar-refractivity contribution is 0.174. The van der Waals surface area contributed by atoms with Crippen LogP contribution in [0.4, 0.5) is 5.69 Å². The van der Waals surface area contributed by atoms with Gasteiger partial charge in [0.05, 0.1) is 5.69 Å². The van der Waals surface area contributed by atoms with Gasteiger partial charge in [0.15, 0.2) is 11.5 Å². The molecule has 2 aliphatic rings. The molecule has 0 aliphatic carbocycles. The van der Waals surface area contributed by atoms with Crippen LogP contribution in [0.15, 0.2) is 18.2 Å². The first-order chi connectivity index (χ1) is 6.95. The summed E-state index contributed by atoms with van der Waals surface area (Å²) < 4.78 is 10.8. The van der Waals surface area contributed by atoms with E-state index in [1.165, 1.54) is 18.5 Å². The molecule has 3 rings (SSSR count). The maximum absolute atomic E-state index is 5.48. The molecule has 0 bridgehead atoms. The van der Waals surface area contributed by atoms with E-state index in [4.69, 9.17) is 9.47 Å². The van der Waals surface area contributed by atoms with Gasteiger partial charge in [-0.25, -0.2) is 0 Å². The molecule has 3 nitrogen and oxygen atoms in total. The first-order valence-electron chi connectivity index (χ1n) is 5.09. The predicted molar refractivity (Wildman–Crippen MR) is 54.0 cm³/mol. The van der Waals surface area contributed by atoms with Crippen LogP contribution in [-0.4, -0.2) is 19.9 Å². The quantitative estimate of drug-likeness (QED) is 0.677. The molecule has 3 heteroatoms. The van der Waals surface area contributed by atoms with Crippen LogP contribution in [-0.2, 0) is 0 Å². The Balaban J connectivity index is 2.00. The molecule has 1 saturated heterocycles. The van der Waals surface area contributed by atoms with Crippen LogP contribution < -0.4 is 14.4 Å². The number of hydrogen-bond acceptors (Lipinski definition) is 3. The van der Waals surface area contributed by atoms with Gasteiger partial charge in [-0.2, -0.15) is 0 Å². The normalized spacial score (nSPS) is 19.0. The van der Waals surface area contributed by atoms with E-state index in [0.717, 1.165) is 24.6 Å². The zero-order chi connectivity index (χ0) is 9.38. The molecule has 0 N–H and O–H groups in total. The van der Waals surface area contributed by atoms with Crippen molar-refractivity contribution in [3.05, 3.63) is 18.2 Å². The molecule has 0 aromatic heterocycles. The Morgan fingerprint density at radius 2 is 1.93 bits per heavy atom. The van der Waals surface area contributed by atoms with Crippen LogP contribution in [0, 0.1) is 0 Å². The van der Waals surface area contributed by atoms with Gasteiger partial charge in [0.2, 0.25) is 6.79 Å². The molecular weight excluding hydrogens is 178 g/mol. The maximum atomic E-state index is 5.48. The highest BCUT2D eigenvalue weighted by Gasteiger charge is 2.22. The monoisotopic (exact) mass is 191 g/mol. The van der Waals surface area contributed by atoms with Crippen molar-refractivity contribution >= 4 is 5.69 Å². The van der Waals surface area contributed by atoms with Gasteiger partial charge in [-0.15, -0.1) is 0 Å². The fraction of sp³-hybridized carbons (Fsp3) is 0.455. The summed E-state index contributed by atoms with van der Waals surface area (Å²) in [6.45, 7) is 2.64. The van der Waals surface area contributed by atoms with Gasteiger partial charge in [0.1, 0.15) is 0 Å². The van der Waals surface area contributed by atoms with Crippen molar-refractivity contribution in [2.75, 3.05) is 24.8 Å². The number of ether oxygens (including phenoxy) is 2. The SMILES string of the molecule is c1cc2c(c(N3CCCC3)c1)OCO2. The van der Waals surface area contributed by atoms with Crippen LogP contribution in [0.5, 0.6) is 11.5 Å². The molecule has 0 spiro atoms. The fourth-order valence-electron chi connectivity index (χ4n) is 2.12. The molecule has 1 aromatic rings. The standard InChI is InChI=1S/C11H13NO2/c1-2-7-12(6-1)9-4-3-5-10-11(9)14-8-13-10/h3-5H,1-2,6-8H2. The highest BCUT2D eigenvalue weighted by Crippen LogP contribution is 2.41. The number of anilines is 1. The van der Waals surface area contributed by atoms with Crippen molar-refractivity contribution < 1.29 is 9.47 Å². The minimum Gasteiger partial charge on any atom is -0.454 e. The Morgan fingerprint density at radius 1 is 1.07 bits per heavy atom. The van der Waals surface area contributed by atoms with E-state index in [9.17, 15) is 0 Å². The molecule has 2 aliphatic heterocycles. The average molecular weight is 191 g/mol. The second-order valence-corrected chi connectivity index (χ2v) is 3.71. The van der Waals surface area contributed by atoms with Gasteiger partial charge in [-0.1, -0.05) is 6.07 Å². The number of rotatable bonds is 1. The lowest BCUT2D eigenvalue weighted by atomic mass is 10.2. The van der Waals surface area contributed by atoms with Crippen molar-refractivity contribution in [3.63, 3.8) is 0 Å². The van der Waals surface area contributed by atoms with Crippen molar-refractivity contribution in [2.24, 2.45) is 0 Å². The Bertz CT molecular complexity index is 345. The summed E-state index contributed by atoms with van der Waals surface area (Å²) in [4.78, 5) is 2.37. The van der Waals surface area contributed by atoms with E-state index in [-0.39, 0.29) is 0 Å². The molecule has 1 aromatic carbocycles. The number of hydrogen-bond donors (Lipinski definition) is 0. The van der Waals surface area contributed by atoms with Gasteiger partial charge in [0, 0.05) is 13.1 Å². The van der Waals surface area contributed by atoms with Crippen molar-refractivity contribution in [1.82, 2.24) is 0 Å². The van der Waals surface area contributed by atoms with Crippen molar-refractivity contribution in [2.45, 2.75) is 12.8 Å². The number of para-hydroxylation sites is 1. The average Bonchev–Trinajstić information content (AvgIpc) is 2.88. The highest BCUT2D eigenvalue weighted by molar-refractivity contribution is 5.65. The van der Waals surface area contributed by atoms with Crippen molar-refractivity contribution in [3.8, 4) is 11.5 Å². The Kier molecular flexibility index (Phi) is 1.76. The van der Waals surface area contributed by atoms with Crippen LogP contribution in [0.2, 0.25) is 0 Å². The van der Waals surface area contributed by atoms with Crippen molar-refractivity contribution in [1.29, 1.82) is 0 Å². The molecule has 0 saturated carbocycles.